The summed E-state index contributed by atoms with van der Waals surface area (Å²) in [6, 6.07) is 7.37. The van der Waals surface area contributed by atoms with E-state index < -0.39 is 71.5 Å². The van der Waals surface area contributed by atoms with E-state index in [0.29, 0.717) is 49.5 Å². The summed E-state index contributed by atoms with van der Waals surface area (Å²) in [4.78, 5) is 68.6. The molecular formula is C58H81N5O10. The Labute approximate surface area is 431 Å². The third-order valence-electron chi connectivity index (χ3n) is 14.2. The van der Waals surface area contributed by atoms with E-state index in [4.69, 9.17) is 24.2 Å². The van der Waals surface area contributed by atoms with Crippen LogP contribution in [0.3, 0.4) is 0 Å². The number of hydrogen-bond acceptors (Lipinski definition) is 13. The van der Waals surface area contributed by atoms with Crippen molar-refractivity contribution in [3.05, 3.63) is 87.6 Å². The maximum Gasteiger partial charge on any atom is 0.315 e. The second-order valence-corrected chi connectivity index (χ2v) is 20.3. The number of methoxy groups -OCH3 is 1. The van der Waals surface area contributed by atoms with Crippen LogP contribution in [0.2, 0.25) is 0 Å². The molecule has 1 fully saturated rings. The molecule has 398 valence electrons. The zero-order valence-electron chi connectivity index (χ0n) is 45.4. The first kappa shape index (κ1) is 58.0. The predicted molar refractivity (Wildman–Crippen MR) is 287 cm³/mol. The van der Waals surface area contributed by atoms with Gasteiger partial charge in [-0.1, -0.05) is 105 Å². The van der Waals surface area contributed by atoms with Crippen molar-refractivity contribution >= 4 is 45.7 Å². The van der Waals surface area contributed by atoms with Crippen LogP contribution in [-0.4, -0.2) is 101 Å². The molecule has 4 aliphatic heterocycles. The molecule has 4 heterocycles. The van der Waals surface area contributed by atoms with E-state index in [2.05, 4.69) is 29.4 Å². The molecule has 0 unspecified atom stereocenters. The van der Waals surface area contributed by atoms with Gasteiger partial charge in [-0.25, -0.2) is 0 Å². The largest absolute Gasteiger partial charge is 0.507 e. The number of allylic oxidation sites excluding steroid dienone is 4. The first-order chi connectivity index (χ1) is 34.7. The quantitative estimate of drug-likeness (QED) is 0.0560. The number of carbonyl (C=O) groups is 4. The number of hydrogen-bond donors (Lipinski definition) is 5. The van der Waals surface area contributed by atoms with E-state index in [1.807, 2.05) is 59.8 Å². The van der Waals surface area contributed by atoms with Crippen LogP contribution in [0.1, 0.15) is 130 Å². The van der Waals surface area contributed by atoms with Gasteiger partial charge in [0, 0.05) is 80.1 Å². The van der Waals surface area contributed by atoms with E-state index >= 15 is 0 Å². The number of carbonyl (C=O) groups excluding carboxylic acids is 4. The summed E-state index contributed by atoms with van der Waals surface area (Å²) in [5.74, 6) is -4.03. The summed E-state index contributed by atoms with van der Waals surface area (Å²) in [5, 5.41) is 42.4. The zero-order valence-corrected chi connectivity index (χ0v) is 45.4. The third kappa shape index (κ3) is 13.6. The number of phenolic OH excluding ortho intramolecular Hbond substituents is 2. The summed E-state index contributed by atoms with van der Waals surface area (Å²) >= 11 is 0. The van der Waals surface area contributed by atoms with Gasteiger partial charge < -0.3 is 45.1 Å². The molecule has 1 spiro atoms. The van der Waals surface area contributed by atoms with Crippen LogP contribution >= 0.6 is 0 Å². The van der Waals surface area contributed by atoms with E-state index in [1.165, 1.54) is 7.11 Å². The van der Waals surface area contributed by atoms with Crippen LogP contribution in [0.15, 0.2) is 70.2 Å². The summed E-state index contributed by atoms with van der Waals surface area (Å²) in [6.45, 7) is 25.4. The maximum absolute atomic E-state index is 15.0. The summed E-state index contributed by atoms with van der Waals surface area (Å²) in [7, 11) is 1.50. The fourth-order valence-electron chi connectivity index (χ4n) is 10.3. The van der Waals surface area contributed by atoms with Gasteiger partial charge in [-0.15, -0.1) is 0 Å². The van der Waals surface area contributed by atoms with Crippen molar-refractivity contribution in [2.75, 3.05) is 44.0 Å². The lowest BCUT2D eigenvalue weighted by Gasteiger charge is -2.37. The van der Waals surface area contributed by atoms with Gasteiger partial charge in [0.2, 0.25) is 5.91 Å². The standard InChI is InChI=1S/C56H75N5O10.C2H6/c1-12-38-20-22-39(23-21-38)57-42(63)29-43(64)71-53-35(8)41(69-11)19-15-18-40(62)44-45-46(51(66)37(10)54(44)70-13-2)52(67)49(48-47(45)59-56(60-48)24-26-61(27-25-56)30-31(3)4)58-55(68)33(6)17-14-16-32(5)28-34(7)50(65)36(53)9;1-2/h14-17,19-23,31-32,34-36,41,50,53,65-67H,12-13,18,24-30H2,1-11H3,(H,57,63)(H,58,68);1-2H3/b16-14+,19-15+,33-17-;/t32-,34+,35+,36+,41-,50+,53+;/m0./s1. The van der Waals surface area contributed by atoms with Crippen LogP contribution in [-0.2, 0) is 30.3 Å². The lowest BCUT2D eigenvalue weighted by atomic mass is 9.79. The number of aliphatic hydroxyl groups is 1. The minimum absolute atomic E-state index is 0.0187. The van der Waals surface area contributed by atoms with Gasteiger partial charge in [0.15, 0.2) is 17.2 Å². The van der Waals surface area contributed by atoms with Gasteiger partial charge in [-0.3, -0.25) is 29.2 Å². The zero-order chi connectivity index (χ0) is 53.9. The number of anilines is 2. The minimum Gasteiger partial charge on any atom is -0.507 e. The smallest absolute Gasteiger partial charge is 0.315 e. The number of Topliss-reactive ketones (excluding diaryl/α,β-unsaturated/α-hetero) is 1. The number of benzene rings is 3. The van der Waals surface area contributed by atoms with Crippen LogP contribution in [0.5, 0.6) is 17.2 Å². The highest BCUT2D eigenvalue weighted by Gasteiger charge is 2.40. The van der Waals surface area contributed by atoms with Gasteiger partial charge >= 0.3 is 5.97 Å². The minimum atomic E-state index is -0.955. The Hall–Kier alpha value is -5.90. The number of aliphatic hydroxyl groups excluding tert-OH is 1. The van der Waals surface area contributed by atoms with Crippen molar-refractivity contribution in [1.82, 2.24) is 4.90 Å². The molecule has 4 bridgehead atoms. The fourth-order valence-corrected chi connectivity index (χ4v) is 10.3. The molecule has 0 aliphatic carbocycles. The number of fused-ring (bicyclic) bond motifs is 14. The SMILES string of the molecule is CC.CCOc1c(C)c(O)c2c(O)c3c4c(c2c1C(=O)C/C=C/[C@H](OC)[C@@H](C)[C@@H](OC(=O)CC(=O)Nc1ccc(CC)cc1)[C@H](C)[C@H](O)[C@H](C)C[C@@H](C)/C=C/C=C(/C)C(=O)N3)=NC1(CCN(CC(C)C)CC1)N=4. The number of nitrogens with zero attached hydrogens (tertiary/aromatic N) is 3. The number of nitrogens with one attached hydrogen (secondary N) is 2. The number of aryl methyl sites for hydroxylation is 1. The highest BCUT2D eigenvalue weighted by atomic mass is 16.5. The highest BCUT2D eigenvalue weighted by molar-refractivity contribution is 6.16. The Kier molecular flexibility index (Phi) is 20.5. The molecule has 0 saturated carbocycles. The molecule has 7 atom stereocenters. The van der Waals surface area contributed by atoms with Crippen LogP contribution < -0.4 is 26.1 Å². The fraction of sp³-hybridized carbons (Fsp3) is 0.552. The van der Waals surface area contributed by atoms with Crippen LogP contribution in [0, 0.1) is 36.5 Å². The second-order valence-electron chi connectivity index (χ2n) is 20.3. The summed E-state index contributed by atoms with van der Waals surface area (Å²) in [6.07, 6.45) is 7.82. The molecule has 1 saturated heterocycles. The number of piperidine rings is 1. The van der Waals surface area contributed by atoms with Crippen LogP contribution in [0.4, 0.5) is 11.4 Å². The van der Waals surface area contributed by atoms with E-state index in [0.717, 1.165) is 18.5 Å². The topological polar surface area (TPSA) is 209 Å². The molecule has 0 radical (unpaired) electrons. The molecule has 15 nitrogen and oxygen atoms in total. The van der Waals surface area contributed by atoms with Gasteiger partial charge in [-0.2, -0.15) is 0 Å². The molecule has 73 heavy (non-hydrogen) atoms. The monoisotopic (exact) mass is 1010 g/mol. The summed E-state index contributed by atoms with van der Waals surface area (Å²) in [5.41, 5.74) is 1.30. The average molecular weight is 1010 g/mol. The number of ketones is 1. The number of aromatic hydroxyl groups is 2. The number of esters is 1. The third-order valence-corrected chi connectivity index (χ3v) is 14.2. The van der Waals surface area contributed by atoms with Crippen molar-refractivity contribution in [3.8, 4) is 17.2 Å². The molecular weight excluding hydrogens is 927 g/mol. The first-order valence-corrected chi connectivity index (χ1v) is 26.3. The number of phenols is 2. The van der Waals surface area contributed by atoms with E-state index in [-0.39, 0.29) is 74.7 Å². The van der Waals surface area contributed by atoms with Gasteiger partial charge in [-0.05, 0) is 69.1 Å². The van der Waals surface area contributed by atoms with Crippen molar-refractivity contribution in [2.45, 2.75) is 146 Å². The number of rotatable bonds is 10. The molecule has 0 aromatic heterocycles. The van der Waals surface area contributed by atoms with Crippen molar-refractivity contribution in [3.63, 3.8) is 0 Å². The lowest BCUT2D eigenvalue weighted by molar-refractivity contribution is -0.162. The summed E-state index contributed by atoms with van der Waals surface area (Å²) < 4.78 is 18.3. The Morgan fingerprint density at radius 3 is 2.21 bits per heavy atom. The van der Waals surface area contributed by atoms with Gasteiger partial charge in [0.25, 0.3) is 5.91 Å². The second kappa shape index (κ2) is 25.9. The number of ether oxygens (including phenoxy) is 3. The predicted octanol–water partition coefficient (Wildman–Crippen LogP) is 9.08. The van der Waals surface area contributed by atoms with Crippen molar-refractivity contribution in [1.29, 1.82) is 0 Å². The Morgan fingerprint density at radius 2 is 1.59 bits per heavy atom. The highest BCUT2D eigenvalue weighted by Crippen LogP contribution is 2.46. The molecule has 3 aromatic rings. The first-order valence-electron chi connectivity index (χ1n) is 26.3. The Bertz CT molecular complexity index is 2680. The number of amides is 2. The van der Waals surface area contributed by atoms with Gasteiger partial charge in [0.05, 0.1) is 35.1 Å². The molecule has 3 aromatic carbocycles. The average Bonchev–Trinajstić information content (AvgIpc) is 3.73. The van der Waals surface area contributed by atoms with E-state index in [1.54, 1.807) is 64.1 Å². The van der Waals surface area contributed by atoms with E-state index in [9.17, 15) is 34.5 Å². The Morgan fingerprint density at radius 1 is 0.932 bits per heavy atom. The van der Waals surface area contributed by atoms with Crippen molar-refractivity contribution in [2.24, 2.45) is 39.6 Å². The molecule has 2 amide bonds. The number of likely N-dealkylation sites (tertiary alicyclic amines) is 1. The maximum atomic E-state index is 15.0. The van der Waals surface area contributed by atoms with Gasteiger partial charge in [0.1, 0.15) is 35.1 Å². The molecule has 15 heteroatoms. The lowest BCUT2D eigenvalue weighted by Crippen LogP contribution is -2.44. The van der Waals surface area contributed by atoms with Crippen molar-refractivity contribution < 1.29 is 48.7 Å². The molecule has 4 aliphatic rings. The Balaban J connectivity index is 0.00000488. The normalized spacial score (nSPS) is 25.4. The molecule has 5 N–H and O–H groups in total. The molecule has 7 rings (SSSR count). The van der Waals surface area contributed by atoms with Crippen LogP contribution in [0.25, 0.3) is 10.8 Å².